The lowest BCUT2D eigenvalue weighted by atomic mass is 9.98. The summed E-state index contributed by atoms with van der Waals surface area (Å²) < 4.78 is 5.71. The second-order valence-electron chi connectivity index (χ2n) is 7.77. The Balaban J connectivity index is 1.44. The fraction of sp³-hybridized carbons (Fsp3) is 0.200. The van der Waals surface area contributed by atoms with Crippen molar-refractivity contribution in [1.82, 2.24) is 9.97 Å². The molecule has 4 aromatic rings. The highest BCUT2D eigenvalue weighted by molar-refractivity contribution is 7.18. The van der Waals surface area contributed by atoms with Crippen molar-refractivity contribution in [3.63, 3.8) is 0 Å². The Morgan fingerprint density at radius 3 is 2.36 bits per heavy atom. The molecule has 0 atom stereocenters. The first-order chi connectivity index (χ1) is 16.1. The second kappa shape index (κ2) is 8.63. The Bertz CT molecular complexity index is 1320. The number of carboxylic acids is 1. The summed E-state index contributed by atoms with van der Waals surface area (Å²) in [5.74, 6) is -1.02. The fourth-order valence-electron chi connectivity index (χ4n) is 4.32. The molecule has 2 aromatic heterocycles. The van der Waals surface area contributed by atoms with E-state index in [-0.39, 0.29) is 18.3 Å². The van der Waals surface area contributed by atoms with Crippen molar-refractivity contribution < 1.29 is 19.4 Å². The van der Waals surface area contributed by atoms with E-state index in [0.717, 1.165) is 38.5 Å². The molecule has 0 spiro atoms. The Kier molecular flexibility index (Phi) is 5.51. The molecule has 8 heteroatoms. The van der Waals surface area contributed by atoms with Crippen LogP contribution in [0.2, 0.25) is 0 Å². The predicted octanol–water partition coefficient (Wildman–Crippen LogP) is 5.09. The van der Waals surface area contributed by atoms with E-state index in [2.05, 4.69) is 22.1 Å². The summed E-state index contributed by atoms with van der Waals surface area (Å²) >= 11 is 1.50. The number of carbonyl (C=O) groups is 2. The average Bonchev–Trinajstić information content (AvgIpc) is 3.40. The number of benzene rings is 2. The van der Waals surface area contributed by atoms with Gasteiger partial charge in [-0.05, 0) is 34.7 Å². The molecule has 0 radical (unpaired) electrons. The van der Waals surface area contributed by atoms with E-state index in [1.165, 1.54) is 17.7 Å². The van der Waals surface area contributed by atoms with E-state index in [1.54, 1.807) is 0 Å². The van der Waals surface area contributed by atoms with Gasteiger partial charge in [0.25, 0.3) is 0 Å². The lowest BCUT2D eigenvalue weighted by Gasteiger charge is -2.21. The molecule has 1 amide bonds. The molecule has 0 fully saturated rings. The van der Waals surface area contributed by atoms with Gasteiger partial charge in [-0.25, -0.2) is 19.7 Å². The van der Waals surface area contributed by atoms with Gasteiger partial charge in [0.2, 0.25) is 0 Å². The average molecular weight is 460 g/mol. The molecule has 7 nitrogen and oxygen atoms in total. The van der Waals surface area contributed by atoms with Crippen LogP contribution in [0.3, 0.4) is 0 Å². The molecule has 2 aromatic carbocycles. The molecule has 1 aliphatic rings. The third kappa shape index (κ3) is 3.82. The number of fused-ring (bicyclic) bond motifs is 4. The van der Waals surface area contributed by atoms with Crippen molar-refractivity contribution in [1.29, 1.82) is 0 Å². The lowest BCUT2D eigenvalue weighted by Crippen LogP contribution is -2.37. The zero-order valence-corrected chi connectivity index (χ0v) is 18.7. The van der Waals surface area contributed by atoms with E-state index >= 15 is 0 Å². The number of carbonyl (C=O) groups excluding carboxylic acids is 1. The zero-order chi connectivity index (χ0) is 22.9. The predicted molar refractivity (Wildman–Crippen MR) is 127 cm³/mol. The van der Waals surface area contributed by atoms with Crippen molar-refractivity contribution in [3.05, 3.63) is 76.9 Å². The number of nitrogens with zero attached hydrogens (tertiary/aromatic N) is 3. The number of carboxylic acid groups (broad SMARTS) is 1. The molecule has 5 rings (SSSR count). The van der Waals surface area contributed by atoms with Crippen LogP contribution < -0.4 is 4.90 Å². The first-order valence-electron chi connectivity index (χ1n) is 10.6. The van der Waals surface area contributed by atoms with Crippen LogP contribution in [0, 0.1) is 0 Å². The molecule has 0 bridgehead atoms. The fourth-order valence-corrected chi connectivity index (χ4v) is 5.24. The maximum atomic E-state index is 13.2. The van der Waals surface area contributed by atoms with Crippen LogP contribution in [-0.4, -0.2) is 40.3 Å². The van der Waals surface area contributed by atoms with Gasteiger partial charge >= 0.3 is 12.1 Å². The van der Waals surface area contributed by atoms with E-state index in [0.29, 0.717) is 10.2 Å². The van der Waals surface area contributed by atoms with Crippen LogP contribution in [-0.2, 0) is 16.0 Å². The van der Waals surface area contributed by atoms with Gasteiger partial charge in [0, 0.05) is 10.8 Å². The number of hydrogen-bond acceptors (Lipinski definition) is 6. The van der Waals surface area contributed by atoms with Crippen LogP contribution in [0.5, 0.6) is 0 Å². The first kappa shape index (κ1) is 21.1. The van der Waals surface area contributed by atoms with Gasteiger partial charge in [0.1, 0.15) is 24.3 Å². The highest BCUT2D eigenvalue weighted by Gasteiger charge is 2.31. The van der Waals surface area contributed by atoms with Gasteiger partial charge in [0.05, 0.1) is 5.39 Å². The third-order valence-electron chi connectivity index (χ3n) is 5.81. The molecular formula is C25H21N3O4S. The maximum Gasteiger partial charge on any atom is 0.416 e. The number of anilines is 1. The number of hydrogen-bond donors (Lipinski definition) is 1. The number of thiophene rings is 1. The zero-order valence-electron chi connectivity index (χ0n) is 17.9. The number of aliphatic carboxylic acids is 1. The topological polar surface area (TPSA) is 92.6 Å². The minimum absolute atomic E-state index is 0.0983. The number of rotatable bonds is 6. The molecular weight excluding hydrogens is 438 g/mol. The van der Waals surface area contributed by atoms with Gasteiger partial charge in [-0.1, -0.05) is 55.5 Å². The summed E-state index contributed by atoms with van der Waals surface area (Å²) in [5.41, 5.74) is 4.43. The number of aromatic nitrogens is 2. The van der Waals surface area contributed by atoms with Crippen LogP contribution in [0.15, 0.2) is 60.9 Å². The van der Waals surface area contributed by atoms with Gasteiger partial charge in [-0.15, -0.1) is 11.3 Å². The summed E-state index contributed by atoms with van der Waals surface area (Å²) in [6.07, 6.45) is 1.41. The SMILES string of the molecule is CCc1cc2c(N(CC(=O)O)C(=O)OCC3c4ccccc4-c4ccccc43)ncnc2s1. The van der Waals surface area contributed by atoms with Crippen molar-refractivity contribution in [2.45, 2.75) is 19.3 Å². The monoisotopic (exact) mass is 459 g/mol. The second-order valence-corrected chi connectivity index (χ2v) is 8.88. The van der Waals surface area contributed by atoms with E-state index in [1.807, 2.05) is 49.4 Å². The highest BCUT2D eigenvalue weighted by Crippen LogP contribution is 2.44. The van der Waals surface area contributed by atoms with Crippen LogP contribution in [0.4, 0.5) is 10.6 Å². The molecule has 1 aliphatic carbocycles. The maximum absolute atomic E-state index is 13.2. The molecule has 166 valence electrons. The van der Waals surface area contributed by atoms with Crippen molar-refractivity contribution in [2.24, 2.45) is 0 Å². The summed E-state index contributed by atoms with van der Waals surface area (Å²) in [6, 6.07) is 18.0. The van der Waals surface area contributed by atoms with Crippen molar-refractivity contribution in [3.8, 4) is 11.1 Å². The Hall–Kier alpha value is -3.78. The van der Waals surface area contributed by atoms with Gasteiger partial charge in [0.15, 0.2) is 5.82 Å². The molecule has 0 unspecified atom stereocenters. The van der Waals surface area contributed by atoms with E-state index in [4.69, 9.17) is 4.74 Å². The molecule has 33 heavy (non-hydrogen) atoms. The van der Waals surface area contributed by atoms with Gasteiger partial charge in [-0.2, -0.15) is 0 Å². The Morgan fingerprint density at radius 1 is 1.06 bits per heavy atom. The number of ether oxygens (including phenoxy) is 1. The highest BCUT2D eigenvalue weighted by atomic mass is 32.1. The summed E-state index contributed by atoms with van der Waals surface area (Å²) in [5, 5.41) is 10.1. The van der Waals surface area contributed by atoms with Gasteiger partial charge < -0.3 is 9.84 Å². The quantitative estimate of drug-likeness (QED) is 0.432. The van der Waals surface area contributed by atoms with Crippen LogP contribution >= 0.6 is 11.3 Å². The number of amides is 1. The van der Waals surface area contributed by atoms with E-state index in [9.17, 15) is 14.7 Å². The standard InChI is InChI=1S/C25H21N3O4S/c1-2-15-11-20-23(26-14-27-24(20)33-15)28(12-22(29)30)25(31)32-13-21-18-9-5-3-7-16(18)17-8-4-6-10-19(17)21/h3-11,14,21H,2,12-13H2,1H3,(H,29,30). The molecule has 0 aliphatic heterocycles. The van der Waals surface area contributed by atoms with Crippen molar-refractivity contribution in [2.75, 3.05) is 18.1 Å². The third-order valence-corrected chi connectivity index (χ3v) is 7.00. The lowest BCUT2D eigenvalue weighted by molar-refractivity contribution is -0.135. The molecule has 0 saturated heterocycles. The minimum Gasteiger partial charge on any atom is -0.480 e. The number of aryl methyl sites for hydroxylation is 1. The first-order valence-corrected chi connectivity index (χ1v) is 11.5. The molecule has 0 saturated carbocycles. The minimum atomic E-state index is -1.15. The molecule has 2 heterocycles. The van der Waals surface area contributed by atoms with Crippen molar-refractivity contribution >= 4 is 39.4 Å². The summed E-state index contributed by atoms with van der Waals surface area (Å²) in [6.45, 7) is 1.57. The summed E-state index contributed by atoms with van der Waals surface area (Å²) in [7, 11) is 0. The van der Waals surface area contributed by atoms with E-state index < -0.39 is 18.6 Å². The van der Waals surface area contributed by atoms with Crippen LogP contribution in [0.1, 0.15) is 28.8 Å². The smallest absolute Gasteiger partial charge is 0.416 e. The largest absolute Gasteiger partial charge is 0.480 e. The Morgan fingerprint density at radius 2 is 1.73 bits per heavy atom. The van der Waals surface area contributed by atoms with Gasteiger partial charge in [-0.3, -0.25) is 4.79 Å². The van der Waals surface area contributed by atoms with Crippen LogP contribution in [0.25, 0.3) is 21.3 Å². The summed E-state index contributed by atoms with van der Waals surface area (Å²) in [4.78, 5) is 36.1. The Labute approximate surface area is 194 Å². The molecule has 1 N–H and O–H groups in total. The normalized spacial score (nSPS) is 12.4.